The van der Waals surface area contributed by atoms with E-state index in [-0.39, 0.29) is 11.8 Å². The summed E-state index contributed by atoms with van der Waals surface area (Å²) in [6, 6.07) is 7.95. The van der Waals surface area contributed by atoms with E-state index in [1.54, 1.807) is 11.8 Å². The Morgan fingerprint density at radius 2 is 1.73 bits per heavy atom. The van der Waals surface area contributed by atoms with Crippen molar-refractivity contribution in [2.75, 3.05) is 55.7 Å². The van der Waals surface area contributed by atoms with Gasteiger partial charge in [0.15, 0.2) is 0 Å². The third-order valence-corrected chi connectivity index (χ3v) is 5.16. The molecule has 2 aliphatic heterocycles. The number of para-hydroxylation sites is 2. The predicted octanol–water partition coefficient (Wildman–Crippen LogP) is 2.28. The number of carbonyl (C=O) groups is 2. The van der Waals surface area contributed by atoms with Crippen LogP contribution in [0.25, 0.3) is 0 Å². The van der Waals surface area contributed by atoms with Crippen LogP contribution in [0, 0.1) is 0 Å². The van der Waals surface area contributed by atoms with Crippen LogP contribution in [0.3, 0.4) is 0 Å². The number of hydrogen-bond donors (Lipinski definition) is 0. The smallest absolute Gasteiger partial charge is 0.224 e. The van der Waals surface area contributed by atoms with E-state index in [4.69, 9.17) is 4.74 Å². The number of morpholine rings is 1. The first-order valence-electron chi connectivity index (χ1n) is 9.64. The molecule has 2 amide bonds. The van der Waals surface area contributed by atoms with Gasteiger partial charge in [-0.05, 0) is 31.4 Å². The lowest BCUT2D eigenvalue weighted by Gasteiger charge is -2.33. The second-order valence-electron chi connectivity index (χ2n) is 6.95. The molecule has 2 saturated heterocycles. The Balaban J connectivity index is 1.71. The Bertz CT molecular complexity index is 622. The molecule has 0 radical (unpaired) electrons. The Hall–Kier alpha value is -2.08. The van der Waals surface area contributed by atoms with Gasteiger partial charge >= 0.3 is 0 Å². The van der Waals surface area contributed by atoms with Gasteiger partial charge in [-0.15, -0.1) is 0 Å². The van der Waals surface area contributed by atoms with E-state index in [1.165, 1.54) is 6.42 Å². The SMILES string of the molecule is CC(=O)N(CCC(=O)N1CCCCC1)c1ccccc1N1CCOCC1. The average molecular weight is 359 g/mol. The normalized spacial score (nSPS) is 17.9. The van der Waals surface area contributed by atoms with E-state index in [2.05, 4.69) is 4.90 Å². The van der Waals surface area contributed by atoms with Gasteiger partial charge in [0.2, 0.25) is 11.8 Å². The molecule has 6 nitrogen and oxygen atoms in total. The highest BCUT2D eigenvalue weighted by Gasteiger charge is 2.22. The molecule has 26 heavy (non-hydrogen) atoms. The van der Waals surface area contributed by atoms with Crippen LogP contribution in [0.4, 0.5) is 11.4 Å². The lowest BCUT2D eigenvalue weighted by molar-refractivity contribution is -0.131. The van der Waals surface area contributed by atoms with Gasteiger partial charge in [0.05, 0.1) is 24.6 Å². The summed E-state index contributed by atoms with van der Waals surface area (Å²) in [5.74, 6) is 0.122. The van der Waals surface area contributed by atoms with Crippen molar-refractivity contribution in [1.29, 1.82) is 0 Å². The fourth-order valence-electron chi connectivity index (χ4n) is 3.72. The Kier molecular flexibility index (Phi) is 6.50. The highest BCUT2D eigenvalue weighted by Crippen LogP contribution is 2.30. The molecular formula is C20H29N3O3. The number of carbonyl (C=O) groups excluding carboxylic acids is 2. The predicted molar refractivity (Wildman–Crippen MR) is 103 cm³/mol. The third-order valence-electron chi connectivity index (χ3n) is 5.16. The molecule has 142 valence electrons. The maximum atomic E-state index is 12.5. The topological polar surface area (TPSA) is 53.1 Å². The van der Waals surface area contributed by atoms with Crippen molar-refractivity contribution in [3.63, 3.8) is 0 Å². The minimum Gasteiger partial charge on any atom is -0.378 e. The van der Waals surface area contributed by atoms with Gasteiger partial charge < -0.3 is 19.4 Å². The Labute approximate surface area is 155 Å². The summed E-state index contributed by atoms with van der Waals surface area (Å²) in [6.07, 6.45) is 3.75. The fraction of sp³-hybridized carbons (Fsp3) is 0.600. The number of ether oxygens (including phenoxy) is 1. The maximum absolute atomic E-state index is 12.5. The summed E-state index contributed by atoms with van der Waals surface area (Å²) < 4.78 is 5.44. The van der Waals surface area contributed by atoms with Crippen LogP contribution >= 0.6 is 0 Å². The number of amides is 2. The van der Waals surface area contributed by atoms with Gasteiger partial charge in [0.1, 0.15) is 0 Å². The molecule has 0 N–H and O–H groups in total. The van der Waals surface area contributed by atoms with Crippen LogP contribution in [0.15, 0.2) is 24.3 Å². The van der Waals surface area contributed by atoms with Crippen molar-refractivity contribution in [3.8, 4) is 0 Å². The number of hydrogen-bond acceptors (Lipinski definition) is 4. The van der Waals surface area contributed by atoms with Crippen LogP contribution in [0.5, 0.6) is 0 Å². The number of benzene rings is 1. The Morgan fingerprint density at radius 3 is 2.42 bits per heavy atom. The van der Waals surface area contributed by atoms with Crippen molar-refractivity contribution in [1.82, 2.24) is 4.90 Å². The summed E-state index contributed by atoms with van der Waals surface area (Å²) in [5, 5.41) is 0. The van der Waals surface area contributed by atoms with Crippen LogP contribution in [-0.4, -0.2) is 62.7 Å². The van der Waals surface area contributed by atoms with E-state index in [9.17, 15) is 9.59 Å². The third kappa shape index (κ3) is 4.55. The van der Waals surface area contributed by atoms with E-state index in [1.807, 2.05) is 29.2 Å². The average Bonchev–Trinajstić information content (AvgIpc) is 2.69. The molecular weight excluding hydrogens is 330 g/mol. The number of piperidine rings is 1. The number of likely N-dealkylation sites (tertiary alicyclic amines) is 1. The lowest BCUT2D eigenvalue weighted by Crippen LogP contribution is -2.40. The van der Waals surface area contributed by atoms with Gasteiger partial charge in [-0.1, -0.05) is 12.1 Å². The van der Waals surface area contributed by atoms with Crippen LogP contribution in [-0.2, 0) is 14.3 Å². The molecule has 2 heterocycles. The molecule has 0 atom stereocenters. The summed E-state index contributed by atoms with van der Waals surface area (Å²) in [7, 11) is 0. The first kappa shape index (κ1) is 18.7. The molecule has 3 rings (SSSR count). The largest absolute Gasteiger partial charge is 0.378 e. The minimum absolute atomic E-state index is 0.0304. The summed E-state index contributed by atoms with van der Waals surface area (Å²) >= 11 is 0. The van der Waals surface area contributed by atoms with Crippen molar-refractivity contribution in [2.45, 2.75) is 32.6 Å². The summed E-state index contributed by atoms with van der Waals surface area (Å²) in [5.41, 5.74) is 1.92. The zero-order valence-corrected chi connectivity index (χ0v) is 15.7. The van der Waals surface area contributed by atoms with Crippen LogP contribution < -0.4 is 9.80 Å². The van der Waals surface area contributed by atoms with Gasteiger partial charge in [0.25, 0.3) is 0 Å². The summed E-state index contributed by atoms with van der Waals surface area (Å²) in [6.45, 7) is 6.72. The first-order valence-corrected chi connectivity index (χ1v) is 9.64. The van der Waals surface area contributed by atoms with Gasteiger partial charge in [-0.3, -0.25) is 9.59 Å². The van der Waals surface area contributed by atoms with Crippen LogP contribution in [0.2, 0.25) is 0 Å². The van der Waals surface area contributed by atoms with Crippen molar-refractivity contribution < 1.29 is 14.3 Å². The zero-order valence-electron chi connectivity index (χ0n) is 15.7. The minimum atomic E-state index is -0.0304. The first-order chi connectivity index (χ1) is 12.7. The second-order valence-corrected chi connectivity index (χ2v) is 6.95. The second kappa shape index (κ2) is 9.03. The molecule has 0 bridgehead atoms. The van der Waals surface area contributed by atoms with E-state index in [0.717, 1.165) is 50.4 Å². The summed E-state index contributed by atoms with van der Waals surface area (Å²) in [4.78, 5) is 30.8. The molecule has 0 aliphatic carbocycles. The number of anilines is 2. The molecule has 6 heteroatoms. The fourth-order valence-corrected chi connectivity index (χ4v) is 3.72. The Morgan fingerprint density at radius 1 is 1.04 bits per heavy atom. The van der Waals surface area contributed by atoms with Gasteiger partial charge in [-0.25, -0.2) is 0 Å². The van der Waals surface area contributed by atoms with E-state index >= 15 is 0 Å². The van der Waals surface area contributed by atoms with Crippen molar-refractivity contribution in [2.24, 2.45) is 0 Å². The molecule has 0 aromatic heterocycles. The molecule has 0 saturated carbocycles. The zero-order chi connectivity index (χ0) is 18.4. The highest BCUT2D eigenvalue weighted by molar-refractivity contribution is 5.96. The molecule has 2 aliphatic rings. The van der Waals surface area contributed by atoms with Crippen molar-refractivity contribution in [3.05, 3.63) is 24.3 Å². The monoisotopic (exact) mass is 359 g/mol. The highest BCUT2D eigenvalue weighted by atomic mass is 16.5. The molecule has 1 aromatic carbocycles. The molecule has 0 unspecified atom stereocenters. The van der Waals surface area contributed by atoms with E-state index in [0.29, 0.717) is 26.2 Å². The lowest BCUT2D eigenvalue weighted by atomic mass is 10.1. The standard InChI is InChI=1S/C20H29N3O3/c1-17(24)23(12-9-20(25)22-10-5-2-6-11-22)19-8-4-3-7-18(19)21-13-15-26-16-14-21/h3-4,7-8H,2,5-6,9-16H2,1H3. The number of rotatable bonds is 5. The molecule has 1 aromatic rings. The molecule has 0 spiro atoms. The van der Waals surface area contributed by atoms with Crippen LogP contribution in [0.1, 0.15) is 32.6 Å². The van der Waals surface area contributed by atoms with Crippen molar-refractivity contribution >= 4 is 23.2 Å². The maximum Gasteiger partial charge on any atom is 0.224 e. The quantitative estimate of drug-likeness (QED) is 0.809. The van der Waals surface area contributed by atoms with E-state index < -0.39 is 0 Å². The van der Waals surface area contributed by atoms with Gasteiger partial charge in [-0.2, -0.15) is 0 Å². The molecule has 2 fully saturated rings. The van der Waals surface area contributed by atoms with Gasteiger partial charge in [0, 0.05) is 46.1 Å². The number of nitrogens with zero attached hydrogens (tertiary/aromatic N) is 3.